The second-order valence-corrected chi connectivity index (χ2v) is 5.37. The molecule has 1 aromatic carbocycles. The monoisotopic (exact) mass is 273 g/mol. The molecule has 1 N–H and O–H groups in total. The Balaban J connectivity index is 1.85. The van der Waals surface area contributed by atoms with Crippen molar-refractivity contribution in [2.75, 3.05) is 14.2 Å². The molecule has 0 spiro atoms. The predicted molar refractivity (Wildman–Crippen MR) is 75.9 cm³/mol. The fourth-order valence-corrected chi connectivity index (χ4v) is 2.74. The highest BCUT2D eigenvalue weighted by Gasteiger charge is 2.31. The van der Waals surface area contributed by atoms with Gasteiger partial charge in [0.1, 0.15) is 0 Å². The highest BCUT2D eigenvalue weighted by Crippen LogP contribution is 2.42. The number of nitrogens with one attached hydrogen (secondary N) is 1. The molecular formula is C16H19NO3. The zero-order chi connectivity index (χ0) is 14.1. The summed E-state index contributed by atoms with van der Waals surface area (Å²) in [5.41, 5.74) is 2.34. The largest absolute Gasteiger partial charge is 0.493 e. The number of methoxy groups -OCH3 is 2. The maximum Gasteiger partial charge on any atom is 0.244 e. The Morgan fingerprint density at radius 3 is 2.55 bits per heavy atom. The zero-order valence-electron chi connectivity index (χ0n) is 11.8. The van der Waals surface area contributed by atoms with E-state index in [9.17, 15) is 4.79 Å². The summed E-state index contributed by atoms with van der Waals surface area (Å²) in [4.78, 5) is 11.8. The van der Waals surface area contributed by atoms with E-state index in [4.69, 9.17) is 9.47 Å². The summed E-state index contributed by atoms with van der Waals surface area (Å²) in [6, 6.07) is 5.85. The highest BCUT2D eigenvalue weighted by molar-refractivity contribution is 5.89. The summed E-state index contributed by atoms with van der Waals surface area (Å²) in [7, 11) is 3.24. The first-order valence-electron chi connectivity index (χ1n) is 6.94. The van der Waals surface area contributed by atoms with Crippen molar-refractivity contribution >= 4 is 5.91 Å². The molecule has 106 valence electrons. The molecule has 2 aliphatic rings. The lowest BCUT2D eigenvalue weighted by atomic mass is 9.93. The van der Waals surface area contributed by atoms with E-state index in [2.05, 4.69) is 5.32 Å². The van der Waals surface area contributed by atoms with Crippen molar-refractivity contribution in [3.05, 3.63) is 35.4 Å². The van der Waals surface area contributed by atoms with Gasteiger partial charge in [0.05, 0.1) is 20.3 Å². The smallest absolute Gasteiger partial charge is 0.244 e. The van der Waals surface area contributed by atoms with Gasteiger partial charge < -0.3 is 14.8 Å². The first-order valence-corrected chi connectivity index (χ1v) is 6.94. The zero-order valence-corrected chi connectivity index (χ0v) is 11.8. The molecule has 1 fully saturated rings. The molecule has 1 atom stereocenters. The van der Waals surface area contributed by atoms with Crippen molar-refractivity contribution in [1.82, 2.24) is 5.32 Å². The fourth-order valence-electron chi connectivity index (χ4n) is 2.74. The Hall–Kier alpha value is -1.97. The molecule has 4 nitrogen and oxygen atoms in total. The molecule has 1 unspecified atom stereocenters. The molecule has 1 heterocycles. The Kier molecular flexibility index (Phi) is 3.38. The molecule has 1 aromatic rings. The van der Waals surface area contributed by atoms with Gasteiger partial charge in [0.15, 0.2) is 11.5 Å². The number of ether oxygens (including phenoxy) is 2. The lowest BCUT2D eigenvalue weighted by molar-refractivity contribution is -0.117. The van der Waals surface area contributed by atoms with E-state index in [1.807, 2.05) is 18.2 Å². The van der Waals surface area contributed by atoms with Crippen LogP contribution in [0, 0.1) is 5.92 Å². The summed E-state index contributed by atoms with van der Waals surface area (Å²) in [6.07, 6.45) is 5.11. The van der Waals surface area contributed by atoms with E-state index in [-0.39, 0.29) is 11.9 Å². The van der Waals surface area contributed by atoms with Gasteiger partial charge in [-0.2, -0.15) is 0 Å². The van der Waals surface area contributed by atoms with Crippen LogP contribution < -0.4 is 14.8 Å². The van der Waals surface area contributed by atoms with Crippen molar-refractivity contribution in [3.8, 4) is 11.5 Å². The topological polar surface area (TPSA) is 47.6 Å². The molecule has 0 radical (unpaired) electrons. The van der Waals surface area contributed by atoms with Gasteiger partial charge in [-0.25, -0.2) is 0 Å². The fraction of sp³-hybridized carbons (Fsp3) is 0.438. The van der Waals surface area contributed by atoms with Crippen molar-refractivity contribution in [3.63, 3.8) is 0 Å². The van der Waals surface area contributed by atoms with E-state index in [1.54, 1.807) is 20.3 Å². The number of hydrogen-bond acceptors (Lipinski definition) is 3. The molecule has 1 aliphatic carbocycles. The number of amides is 1. The molecule has 20 heavy (non-hydrogen) atoms. The van der Waals surface area contributed by atoms with Crippen molar-refractivity contribution in [2.24, 2.45) is 5.92 Å². The van der Waals surface area contributed by atoms with Gasteiger partial charge in [-0.3, -0.25) is 4.79 Å². The predicted octanol–water partition coefficient (Wildman–Crippen LogP) is 2.60. The van der Waals surface area contributed by atoms with Gasteiger partial charge in [-0.1, -0.05) is 11.6 Å². The quantitative estimate of drug-likeness (QED) is 0.917. The highest BCUT2D eigenvalue weighted by atomic mass is 16.5. The minimum Gasteiger partial charge on any atom is -0.493 e. The summed E-state index contributed by atoms with van der Waals surface area (Å²) in [6.45, 7) is 0. The van der Waals surface area contributed by atoms with Crippen LogP contribution in [0.15, 0.2) is 29.8 Å². The van der Waals surface area contributed by atoms with Crippen LogP contribution in [0.2, 0.25) is 0 Å². The molecule has 0 aromatic heterocycles. The number of rotatable bonds is 4. The van der Waals surface area contributed by atoms with Crippen LogP contribution in [0.25, 0.3) is 0 Å². The second-order valence-electron chi connectivity index (χ2n) is 5.37. The maximum absolute atomic E-state index is 11.8. The third-order valence-corrected chi connectivity index (χ3v) is 3.98. The van der Waals surface area contributed by atoms with Crippen LogP contribution in [0.3, 0.4) is 0 Å². The van der Waals surface area contributed by atoms with Crippen molar-refractivity contribution in [2.45, 2.75) is 25.3 Å². The van der Waals surface area contributed by atoms with Crippen LogP contribution in [0.4, 0.5) is 0 Å². The van der Waals surface area contributed by atoms with E-state index >= 15 is 0 Å². The third-order valence-electron chi connectivity index (χ3n) is 3.98. The van der Waals surface area contributed by atoms with Gasteiger partial charge >= 0.3 is 0 Å². The minimum atomic E-state index is 0.0120. The summed E-state index contributed by atoms with van der Waals surface area (Å²) in [5, 5.41) is 3.02. The molecule has 3 rings (SSSR count). The average molecular weight is 273 g/mol. The Bertz CT molecular complexity index is 561. The molecule has 1 aliphatic heterocycles. The van der Waals surface area contributed by atoms with Crippen LogP contribution in [0.5, 0.6) is 11.5 Å². The SMILES string of the molecule is COc1ccc(C2CC(C3CC3)=CC(=O)N2)cc1OC. The van der Waals surface area contributed by atoms with Crippen molar-refractivity contribution < 1.29 is 14.3 Å². The molecule has 0 saturated heterocycles. The first-order chi connectivity index (χ1) is 9.71. The summed E-state index contributed by atoms with van der Waals surface area (Å²) < 4.78 is 10.6. The number of carbonyl (C=O) groups is 1. The lowest BCUT2D eigenvalue weighted by Crippen LogP contribution is -2.31. The van der Waals surface area contributed by atoms with E-state index in [0.717, 1.165) is 12.0 Å². The number of benzene rings is 1. The molecule has 4 heteroatoms. The van der Waals surface area contributed by atoms with E-state index in [0.29, 0.717) is 17.4 Å². The van der Waals surface area contributed by atoms with Crippen molar-refractivity contribution in [1.29, 1.82) is 0 Å². The molecule has 0 bridgehead atoms. The minimum absolute atomic E-state index is 0.0120. The number of hydrogen-bond donors (Lipinski definition) is 1. The molecular weight excluding hydrogens is 254 g/mol. The third kappa shape index (κ3) is 2.50. The van der Waals surface area contributed by atoms with Crippen LogP contribution in [-0.4, -0.2) is 20.1 Å². The Morgan fingerprint density at radius 1 is 1.15 bits per heavy atom. The van der Waals surface area contributed by atoms with E-state index < -0.39 is 0 Å². The normalized spacial score (nSPS) is 22.0. The summed E-state index contributed by atoms with van der Waals surface area (Å²) >= 11 is 0. The first kappa shape index (κ1) is 13.0. The Morgan fingerprint density at radius 2 is 1.90 bits per heavy atom. The van der Waals surface area contributed by atoms with E-state index in [1.165, 1.54) is 18.4 Å². The Labute approximate surface area is 118 Å². The van der Waals surface area contributed by atoms with Gasteiger partial charge in [0, 0.05) is 6.08 Å². The van der Waals surface area contributed by atoms with Crippen LogP contribution in [0.1, 0.15) is 30.9 Å². The lowest BCUT2D eigenvalue weighted by Gasteiger charge is -2.25. The number of carbonyl (C=O) groups excluding carboxylic acids is 1. The van der Waals surface area contributed by atoms with Crippen LogP contribution in [-0.2, 0) is 4.79 Å². The second kappa shape index (κ2) is 5.19. The summed E-state index contributed by atoms with van der Waals surface area (Å²) in [5.74, 6) is 2.04. The molecule has 1 amide bonds. The van der Waals surface area contributed by atoms with Gasteiger partial charge in [0.2, 0.25) is 5.91 Å². The van der Waals surface area contributed by atoms with Gasteiger partial charge in [-0.05, 0) is 42.9 Å². The molecule has 1 saturated carbocycles. The van der Waals surface area contributed by atoms with Crippen LogP contribution >= 0.6 is 0 Å². The average Bonchev–Trinajstić information content (AvgIpc) is 3.30. The standard InChI is InChI=1S/C16H19NO3/c1-19-14-6-5-11(8-15(14)20-2)13-7-12(10-3-4-10)9-16(18)17-13/h5-6,8-10,13H,3-4,7H2,1-2H3,(H,17,18). The van der Waals surface area contributed by atoms with Gasteiger partial charge in [-0.15, -0.1) is 0 Å². The van der Waals surface area contributed by atoms with Gasteiger partial charge in [0.25, 0.3) is 0 Å². The maximum atomic E-state index is 11.8.